The molecular formula is C19H18F2N2O3. The Balaban J connectivity index is 1.59. The maximum Gasteiger partial charge on any atom is 0.335 e. The first-order valence-electron chi connectivity index (χ1n) is 8.23. The first kappa shape index (κ1) is 18.0. The number of carbonyl (C=O) groups excluding carboxylic acids is 1. The Labute approximate surface area is 149 Å². The molecule has 0 unspecified atom stereocenters. The lowest BCUT2D eigenvalue weighted by Gasteiger charge is -2.34. The van der Waals surface area contributed by atoms with Crippen LogP contribution >= 0.6 is 0 Å². The molecule has 7 heteroatoms. The van der Waals surface area contributed by atoms with Crippen molar-refractivity contribution in [1.29, 1.82) is 0 Å². The number of rotatable bonds is 4. The van der Waals surface area contributed by atoms with Gasteiger partial charge in [-0.1, -0.05) is 12.1 Å². The number of aromatic carboxylic acids is 1. The summed E-state index contributed by atoms with van der Waals surface area (Å²) < 4.78 is 26.8. The van der Waals surface area contributed by atoms with E-state index in [1.807, 2.05) is 6.07 Å². The van der Waals surface area contributed by atoms with Crippen LogP contribution in [-0.2, 0) is 6.54 Å². The quantitative estimate of drug-likeness (QED) is 0.911. The van der Waals surface area contributed by atoms with Crippen molar-refractivity contribution in [2.24, 2.45) is 0 Å². The van der Waals surface area contributed by atoms with Crippen LogP contribution in [0, 0.1) is 11.6 Å². The second-order valence-corrected chi connectivity index (χ2v) is 6.20. The Morgan fingerprint density at radius 2 is 1.73 bits per heavy atom. The highest BCUT2D eigenvalue weighted by Gasteiger charge is 2.24. The van der Waals surface area contributed by atoms with Gasteiger partial charge in [-0.05, 0) is 29.8 Å². The lowest BCUT2D eigenvalue weighted by Crippen LogP contribution is -2.48. The summed E-state index contributed by atoms with van der Waals surface area (Å²) in [5.74, 6) is -2.99. The monoisotopic (exact) mass is 360 g/mol. The lowest BCUT2D eigenvalue weighted by molar-refractivity contribution is 0.0621. The van der Waals surface area contributed by atoms with Gasteiger partial charge in [-0.25, -0.2) is 13.6 Å². The average molecular weight is 360 g/mol. The van der Waals surface area contributed by atoms with E-state index >= 15 is 0 Å². The maximum absolute atomic E-state index is 13.8. The second kappa shape index (κ2) is 7.61. The predicted molar refractivity (Wildman–Crippen MR) is 90.9 cm³/mol. The molecular weight excluding hydrogens is 342 g/mol. The topological polar surface area (TPSA) is 60.9 Å². The van der Waals surface area contributed by atoms with Gasteiger partial charge in [0.25, 0.3) is 5.91 Å². The van der Waals surface area contributed by atoms with Gasteiger partial charge in [0.05, 0.1) is 11.1 Å². The van der Waals surface area contributed by atoms with Crippen molar-refractivity contribution >= 4 is 11.9 Å². The van der Waals surface area contributed by atoms with E-state index in [9.17, 15) is 18.4 Å². The Morgan fingerprint density at radius 1 is 1.00 bits per heavy atom. The fourth-order valence-electron chi connectivity index (χ4n) is 3.00. The molecule has 26 heavy (non-hydrogen) atoms. The first-order chi connectivity index (χ1) is 12.4. The number of amides is 1. The van der Waals surface area contributed by atoms with E-state index in [0.29, 0.717) is 38.8 Å². The minimum absolute atomic E-state index is 0.131. The van der Waals surface area contributed by atoms with Gasteiger partial charge >= 0.3 is 5.97 Å². The third-order valence-electron chi connectivity index (χ3n) is 4.40. The molecule has 0 saturated carbocycles. The molecule has 1 saturated heterocycles. The first-order valence-corrected chi connectivity index (χ1v) is 8.23. The minimum atomic E-state index is -0.969. The fourth-order valence-corrected chi connectivity index (χ4v) is 3.00. The lowest BCUT2D eigenvalue weighted by atomic mass is 10.1. The maximum atomic E-state index is 13.8. The molecule has 2 aromatic rings. The zero-order valence-corrected chi connectivity index (χ0v) is 14.0. The van der Waals surface area contributed by atoms with E-state index < -0.39 is 23.5 Å². The molecule has 0 spiro atoms. The van der Waals surface area contributed by atoms with Gasteiger partial charge < -0.3 is 10.0 Å². The van der Waals surface area contributed by atoms with Gasteiger partial charge in [0.2, 0.25) is 0 Å². The predicted octanol–water partition coefficient (Wildman–Crippen LogP) is 2.62. The van der Waals surface area contributed by atoms with Crippen molar-refractivity contribution in [1.82, 2.24) is 9.80 Å². The molecule has 1 fully saturated rings. The van der Waals surface area contributed by atoms with Gasteiger partial charge in [-0.2, -0.15) is 0 Å². The molecule has 1 N–H and O–H groups in total. The van der Waals surface area contributed by atoms with Crippen LogP contribution in [-0.4, -0.2) is 53.0 Å². The van der Waals surface area contributed by atoms with Crippen LogP contribution in [0.15, 0.2) is 42.5 Å². The van der Waals surface area contributed by atoms with Crippen LogP contribution in [0.2, 0.25) is 0 Å². The second-order valence-electron chi connectivity index (χ2n) is 6.20. The Morgan fingerprint density at radius 3 is 2.38 bits per heavy atom. The van der Waals surface area contributed by atoms with Crippen LogP contribution in [0.3, 0.4) is 0 Å². The summed E-state index contributed by atoms with van der Waals surface area (Å²) in [6.07, 6.45) is 0. The highest BCUT2D eigenvalue weighted by atomic mass is 19.1. The van der Waals surface area contributed by atoms with Crippen LogP contribution < -0.4 is 0 Å². The van der Waals surface area contributed by atoms with Gasteiger partial charge in [0.15, 0.2) is 0 Å². The van der Waals surface area contributed by atoms with E-state index in [2.05, 4.69) is 4.90 Å². The molecule has 2 aromatic carbocycles. The molecule has 0 radical (unpaired) electrons. The normalized spacial score (nSPS) is 15.1. The van der Waals surface area contributed by atoms with Gasteiger partial charge in [-0.3, -0.25) is 9.69 Å². The summed E-state index contributed by atoms with van der Waals surface area (Å²) in [5, 5.41) is 9.05. The molecule has 0 aromatic heterocycles. The number of carbonyl (C=O) groups is 2. The number of hydrogen-bond acceptors (Lipinski definition) is 3. The number of hydrogen-bond donors (Lipinski definition) is 1. The summed E-state index contributed by atoms with van der Waals surface area (Å²) in [5.41, 5.74) is 0.992. The summed E-state index contributed by atoms with van der Waals surface area (Å²) in [6.45, 7) is 2.61. The molecule has 5 nitrogen and oxygen atoms in total. The zero-order chi connectivity index (χ0) is 18.7. The van der Waals surface area contributed by atoms with E-state index in [-0.39, 0.29) is 11.1 Å². The highest BCUT2D eigenvalue weighted by molar-refractivity contribution is 5.94. The Kier molecular flexibility index (Phi) is 5.27. The SMILES string of the molecule is O=C(O)c1cccc(CN2CCN(C(=O)c3ccc(F)cc3F)CC2)c1. The van der Waals surface area contributed by atoms with Crippen LogP contribution in [0.1, 0.15) is 26.3 Å². The molecule has 136 valence electrons. The Bertz CT molecular complexity index is 833. The van der Waals surface area contributed by atoms with Crippen LogP contribution in [0.4, 0.5) is 8.78 Å². The molecule has 0 aliphatic carbocycles. The number of carboxylic acids is 1. The third kappa shape index (κ3) is 4.05. The minimum Gasteiger partial charge on any atom is -0.478 e. The summed E-state index contributed by atoms with van der Waals surface area (Å²) >= 11 is 0. The van der Waals surface area contributed by atoms with Crippen molar-refractivity contribution < 1.29 is 23.5 Å². The van der Waals surface area contributed by atoms with Gasteiger partial charge in [0.1, 0.15) is 11.6 Å². The average Bonchev–Trinajstić information content (AvgIpc) is 2.62. The smallest absolute Gasteiger partial charge is 0.335 e. The van der Waals surface area contributed by atoms with Crippen molar-refractivity contribution in [3.05, 3.63) is 70.8 Å². The van der Waals surface area contributed by atoms with Gasteiger partial charge in [0, 0.05) is 38.8 Å². The molecule has 1 amide bonds. The number of piperazine rings is 1. The number of halogens is 2. The largest absolute Gasteiger partial charge is 0.478 e. The molecule has 1 heterocycles. The highest BCUT2D eigenvalue weighted by Crippen LogP contribution is 2.15. The van der Waals surface area contributed by atoms with Crippen LogP contribution in [0.5, 0.6) is 0 Å². The standard InChI is InChI=1S/C19H18F2N2O3/c20-15-4-5-16(17(21)11-15)18(24)23-8-6-22(7-9-23)12-13-2-1-3-14(10-13)19(25)26/h1-5,10-11H,6-9,12H2,(H,25,26). The molecule has 3 rings (SSSR count). The summed E-state index contributed by atoms with van der Waals surface area (Å²) in [7, 11) is 0. The molecule has 1 aliphatic rings. The number of benzene rings is 2. The van der Waals surface area contributed by atoms with Gasteiger partial charge in [-0.15, -0.1) is 0 Å². The van der Waals surface area contributed by atoms with E-state index in [1.165, 1.54) is 0 Å². The van der Waals surface area contributed by atoms with E-state index in [0.717, 1.165) is 17.7 Å². The Hall–Kier alpha value is -2.80. The molecule has 0 atom stereocenters. The van der Waals surface area contributed by atoms with Crippen LogP contribution in [0.25, 0.3) is 0 Å². The zero-order valence-electron chi connectivity index (χ0n) is 14.0. The molecule has 1 aliphatic heterocycles. The van der Waals surface area contributed by atoms with E-state index in [1.54, 1.807) is 23.1 Å². The van der Waals surface area contributed by atoms with Crippen molar-refractivity contribution in [3.63, 3.8) is 0 Å². The summed E-state index contributed by atoms with van der Waals surface area (Å²) in [4.78, 5) is 27.1. The van der Waals surface area contributed by atoms with Crippen molar-refractivity contribution in [2.45, 2.75) is 6.54 Å². The van der Waals surface area contributed by atoms with Crippen molar-refractivity contribution in [2.75, 3.05) is 26.2 Å². The summed E-state index contributed by atoms with van der Waals surface area (Å²) in [6, 6.07) is 9.68. The number of nitrogens with zero attached hydrogens (tertiary/aromatic N) is 2. The fraction of sp³-hybridized carbons (Fsp3) is 0.263. The van der Waals surface area contributed by atoms with E-state index in [4.69, 9.17) is 5.11 Å². The van der Waals surface area contributed by atoms with Crippen molar-refractivity contribution in [3.8, 4) is 0 Å². The molecule has 0 bridgehead atoms. The number of carboxylic acid groups (broad SMARTS) is 1. The third-order valence-corrected chi connectivity index (χ3v) is 4.40.